The van der Waals surface area contributed by atoms with E-state index in [-0.39, 0.29) is 0 Å². The van der Waals surface area contributed by atoms with Crippen LogP contribution in [0.4, 0.5) is 0 Å². The molecule has 3 nitrogen and oxygen atoms in total. The Bertz CT molecular complexity index is 322. The van der Waals surface area contributed by atoms with Gasteiger partial charge in [-0.3, -0.25) is 0 Å². The van der Waals surface area contributed by atoms with E-state index in [4.69, 9.17) is 0 Å². The van der Waals surface area contributed by atoms with Gasteiger partial charge in [0, 0.05) is 24.9 Å². The highest BCUT2D eigenvalue weighted by Gasteiger charge is 1.88. The lowest BCUT2D eigenvalue weighted by molar-refractivity contribution is 0.818. The van der Waals surface area contributed by atoms with Gasteiger partial charge in [-0.15, -0.1) is 0 Å². The summed E-state index contributed by atoms with van der Waals surface area (Å²) >= 11 is 0. The quantitative estimate of drug-likeness (QED) is 0.532. The smallest absolute Gasteiger partial charge is 0.205 e. The molecule has 0 aliphatic rings. The van der Waals surface area contributed by atoms with Gasteiger partial charge in [0.15, 0.2) is 0 Å². The van der Waals surface area contributed by atoms with Gasteiger partial charge in [0.2, 0.25) is 5.82 Å². The summed E-state index contributed by atoms with van der Waals surface area (Å²) in [6, 6.07) is 1.86. The number of hydrogen-bond donors (Lipinski definition) is 1. The second-order valence-electron chi connectivity index (χ2n) is 2.68. The fourth-order valence-electron chi connectivity index (χ4n) is 0.838. The minimum atomic E-state index is 0.608. The van der Waals surface area contributed by atoms with Crippen LogP contribution in [-0.4, -0.2) is 23.6 Å². The largest absolute Gasteiger partial charge is 0.319 e. The summed E-state index contributed by atoms with van der Waals surface area (Å²) in [5.41, 5.74) is 0.952. The molecule has 0 spiro atoms. The van der Waals surface area contributed by atoms with Crippen molar-refractivity contribution in [1.29, 1.82) is 0 Å². The second-order valence-corrected chi connectivity index (χ2v) is 2.68. The Labute approximate surface area is 78.6 Å². The topological polar surface area (TPSA) is 37.8 Å². The molecule has 0 aromatic carbocycles. The minimum Gasteiger partial charge on any atom is -0.319 e. The number of aryl methyl sites for hydroxylation is 1. The molecule has 0 fully saturated rings. The van der Waals surface area contributed by atoms with Crippen molar-refractivity contribution >= 4 is 0 Å². The lowest BCUT2D eigenvalue weighted by atomic mass is 10.4. The average Bonchev–Trinajstić information content (AvgIpc) is 2.13. The zero-order valence-electron chi connectivity index (χ0n) is 7.96. The number of nitrogens with zero attached hydrogens (tertiary/aromatic N) is 2. The number of aromatic nitrogens is 2. The standard InChI is InChI=1S/C10H13N3/c1-9-6-8-12-10(13-9)5-3-4-7-11-2/h6,8,11H,4,7H2,1-2H3. The van der Waals surface area contributed by atoms with Crippen molar-refractivity contribution in [3.05, 3.63) is 23.8 Å². The van der Waals surface area contributed by atoms with Gasteiger partial charge < -0.3 is 5.32 Å². The Balaban J connectivity index is 2.56. The van der Waals surface area contributed by atoms with Crippen LogP contribution in [0, 0.1) is 18.8 Å². The lowest BCUT2D eigenvalue weighted by Crippen LogP contribution is -2.06. The van der Waals surface area contributed by atoms with Crippen molar-refractivity contribution in [3.63, 3.8) is 0 Å². The molecule has 0 atom stereocenters. The molecule has 3 heteroatoms. The Morgan fingerprint density at radius 3 is 3.08 bits per heavy atom. The van der Waals surface area contributed by atoms with Gasteiger partial charge in [-0.1, -0.05) is 5.92 Å². The first-order chi connectivity index (χ1) is 6.33. The minimum absolute atomic E-state index is 0.608. The van der Waals surface area contributed by atoms with Crippen molar-refractivity contribution in [1.82, 2.24) is 15.3 Å². The van der Waals surface area contributed by atoms with Crippen LogP contribution in [0.2, 0.25) is 0 Å². The summed E-state index contributed by atoms with van der Waals surface area (Å²) in [6.07, 6.45) is 2.55. The summed E-state index contributed by atoms with van der Waals surface area (Å²) in [6.45, 7) is 2.83. The van der Waals surface area contributed by atoms with E-state index >= 15 is 0 Å². The van der Waals surface area contributed by atoms with Crippen LogP contribution in [0.1, 0.15) is 17.9 Å². The predicted octanol–water partition coefficient (Wildman–Crippen LogP) is 0.746. The molecule has 1 aromatic rings. The Kier molecular flexibility index (Phi) is 3.94. The third-order valence-corrected chi connectivity index (χ3v) is 1.50. The molecular formula is C10H13N3. The molecule has 0 unspecified atom stereocenters. The van der Waals surface area contributed by atoms with E-state index in [2.05, 4.69) is 27.1 Å². The van der Waals surface area contributed by atoms with Crippen molar-refractivity contribution in [2.24, 2.45) is 0 Å². The fraction of sp³-hybridized carbons (Fsp3) is 0.400. The summed E-state index contributed by atoms with van der Waals surface area (Å²) in [4.78, 5) is 8.20. The molecular weight excluding hydrogens is 162 g/mol. The maximum atomic E-state index is 4.17. The third kappa shape index (κ3) is 3.68. The molecule has 0 aliphatic heterocycles. The van der Waals surface area contributed by atoms with Crippen LogP contribution < -0.4 is 5.32 Å². The van der Waals surface area contributed by atoms with Gasteiger partial charge in [-0.2, -0.15) is 0 Å². The Morgan fingerprint density at radius 1 is 1.54 bits per heavy atom. The van der Waals surface area contributed by atoms with E-state index in [1.807, 2.05) is 20.0 Å². The van der Waals surface area contributed by atoms with E-state index in [1.165, 1.54) is 0 Å². The zero-order valence-corrected chi connectivity index (χ0v) is 7.96. The zero-order chi connectivity index (χ0) is 9.52. The normalized spacial score (nSPS) is 9.08. The molecule has 13 heavy (non-hydrogen) atoms. The van der Waals surface area contributed by atoms with Crippen molar-refractivity contribution in [2.45, 2.75) is 13.3 Å². The first-order valence-corrected chi connectivity index (χ1v) is 4.26. The van der Waals surface area contributed by atoms with E-state index in [0.717, 1.165) is 18.7 Å². The molecule has 0 saturated carbocycles. The Morgan fingerprint density at radius 2 is 2.38 bits per heavy atom. The Hall–Kier alpha value is -1.40. The van der Waals surface area contributed by atoms with E-state index in [1.54, 1.807) is 6.20 Å². The molecule has 1 rings (SSSR count). The first-order valence-electron chi connectivity index (χ1n) is 4.26. The first kappa shape index (κ1) is 9.69. The van der Waals surface area contributed by atoms with Gasteiger partial charge >= 0.3 is 0 Å². The van der Waals surface area contributed by atoms with Gasteiger partial charge in [0.25, 0.3) is 0 Å². The summed E-state index contributed by atoms with van der Waals surface area (Å²) in [7, 11) is 1.91. The van der Waals surface area contributed by atoms with E-state index in [9.17, 15) is 0 Å². The second kappa shape index (κ2) is 5.28. The predicted molar refractivity (Wildman–Crippen MR) is 52.2 cm³/mol. The molecule has 0 radical (unpaired) electrons. The summed E-state index contributed by atoms with van der Waals surface area (Å²) in [5, 5.41) is 3.02. The van der Waals surface area contributed by atoms with Crippen LogP contribution in [-0.2, 0) is 0 Å². The van der Waals surface area contributed by atoms with Crippen molar-refractivity contribution in [2.75, 3.05) is 13.6 Å². The number of nitrogens with one attached hydrogen (secondary N) is 1. The molecule has 1 heterocycles. The van der Waals surface area contributed by atoms with Crippen LogP contribution >= 0.6 is 0 Å². The fourth-order valence-corrected chi connectivity index (χ4v) is 0.838. The lowest BCUT2D eigenvalue weighted by Gasteiger charge is -1.91. The molecule has 0 bridgehead atoms. The van der Waals surface area contributed by atoms with Crippen LogP contribution in [0.15, 0.2) is 12.3 Å². The van der Waals surface area contributed by atoms with Gasteiger partial charge in [0.1, 0.15) is 0 Å². The van der Waals surface area contributed by atoms with Crippen LogP contribution in [0.25, 0.3) is 0 Å². The molecule has 0 amide bonds. The SMILES string of the molecule is CNCCC#Cc1nccc(C)n1. The van der Waals surface area contributed by atoms with Gasteiger partial charge in [0.05, 0.1) is 0 Å². The highest BCUT2D eigenvalue weighted by molar-refractivity contribution is 5.21. The highest BCUT2D eigenvalue weighted by atomic mass is 14.9. The maximum Gasteiger partial charge on any atom is 0.205 e. The van der Waals surface area contributed by atoms with Crippen LogP contribution in [0.3, 0.4) is 0 Å². The molecule has 1 aromatic heterocycles. The van der Waals surface area contributed by atoms with Gasteiger partial charge in [-0.05, 0) is 26.0 Å². The third-order valence-electron chi connectivity index (χ3n) is 1.50. The molecule has 0 aliphatic carbocycles. The number of rotatable bonds is 2. The van der Waals surface area contributed by atoms with E-state index in [0.29, 0.717) is 5.82 Å². The molecule has 1 N–H and O–H groups in total. The molecule has 0 saturated heterocycles. The van der Waals surface area contributed by atoms with Crippen molar-refractivity contribution < 1.29 is 0 Å². The average molecular weight is 175 g/mol. The monoisotopic (exact) mass is 175 g/mol. The highest BCUT2D eigenvalue weighted by Crippen LogP contribution is 1.90. The van der Waals surface area contributed by atoms with Gasteiger partial charge in [-0.25, -0.2) is 9.97 Å². The molecule has 68 valence electrons. The number of hydrogen-bond acceptors (Lipinski definition) is 3. The summed E-state index contributed by atoms with van der Waals surface area (Å²) in [5.74, 6) is 6.51. The summed E-state index contributed by atoms with van der Waals surface area (Å²) < 4.78 is 0. The van der Waals surface area contributed by atoms with E-state index < -0.39 is 0 Å². The maximum absolute atomic E-state index is 4.17. The van der Waals surface area contributed by atoms with Crippen LogP contribution in [0.5, 0.6) is 0 Å². The van der Waals surface area contributed by atoms with Crippen molar-refractivity contribution in [3.8, 4) is 11.8 Å².